The van der Waals surface area contributed by atoms with Gasteiger partial charge in [0.05, 0.1) is 6.54 Å². The lowest BCUT2D eigenvalue weighted by Gasteiger charge is -2.20. The molecule has 0 saturated carbocycles. The van der Waals surface area contributed by atoms with Gasteiger partial charge >= 0.3 is 0 Å². The van der Waals surface area contributed by atoms with Crippen LogP contribution in [0, 0.1) is 0 Å². The summed E-state index contributed by atoms with van der Waals surface area (Å²) in [7, 11) is 0. The van der Waals surface area contributed by atoms with E-state index in [4.69, 9.17) is 11.6 Å². The molecule has 0 amide bonds. The second kappa shape index (κ2) is 8.86. The molecule has 0 saturated heterocycles. The SMILES string of the molecule is O=C(CN(c1ccccc1)c1nnc(-c2cccc(Br)c2)s1)c1ccc(Cl)cc1. The van der Waals surface area contributed by atoms with Gasteiger partial charge in [0.25, 0.3) is 0 Å². The number of hydrogen-bond donors (Lipinski definition) is 0. The van der Waals surface area contributed by atoms with E-state index in [9.17, 15) is 4.79 Å². The van der Waals surface area contributed by atoms with Gasteiger partial charge in [0, 0.05) is 26.3 Å². The zero-order chi connectivity index (χ0) is 20.2. The Labute approximate surface area is 185 Å². The number of rotatable bonds is 6. The molecule has 144 valence electrons. The second-order valence-corrected chi connectivity index (χ2v) is 8.56. The van der Waals surface area contributed by atoms with Crippen LogP contribution in [-0.2, 0) is 0 Å². The molecule has 1 heterocycles. The first-order valence-corrected chi connectivity index (χ1v) is 10.8. The Kier molecular flexibility index (Phi) is 6.04. The third kappa shape index (κ3) is 4.72. The van der Waals surface area contributed by atoms with E-state index in [1.54, 1.807) is 24.3 Å². The summed E-state index contributed by atoms with van der Waals surface area (Å²) in [6.45, 7) is 0.152. The van der Waals surface area contributed by atoms with Gasteiger partial charge < -0.3 is 4.90 Å². The van der Waals surface area contributed by atoms with E-state index in [0.717, 1.165) is 20.7 Å². The molecule has 3 aromatic carbocycles. The summed E-state index contributed by atoms with van der Waals surface area (Å²) in [4.78, 5) is 14.8. The maximum atomic E-state index is 12.9. The minimum atomic E-state index is -0.0234. The first kappa shape index (κ1) is 19.8. The van der Waals surface area contributed by atoms with Crippen molar-refractivity contribution in [3.63, 3.8) is 0 Å². The first-order valence-electron chi connectivity index (χ1n) is 8.81. The number of hydrogen-bond acceptors (Lipinski definition) is 5. The van der Waals surface area contributed by atoms with E-state index in [0.29, 0.717) is 15.7 Å². The number of para-hydroxylation sites is 1. The van der Waals surface area contributed by atoms with Crippen LogP contribution >= 0.6 is 38.9 Å². The molecule has 0 spiro atoms. The molecule has 4 nitrogen and oxygen atoms in total. The van der Waals surface area contributed by atoms with E-state index in [1.807, 2.05) is 59.5 Å². The molecular weight excluding hydrogens is 470 g/mol. The molecule has 29 heavy (non-hydrogen) atoms. The number of aromatic nitrogens is 2. The summed E-state index contributed by atoms with van der Waals surface area (Å²) < 4.78 is 0.976. The van der Waals surface area contributed by atoms with Gasteiger partial charge in [-0.2, -0.15) is 0 Å². The maximum absolute atomic E-state index is 12.9. The summed E-state index contributed by atoms with van der Waals surface area (Å²) in [6, 6.07) is 24.5. The lowest BCUT2D eigenvalue weighted by Crippen LogP contribution is -2.25. The highest BCUT2D eigenvalue weighted by Gasteiger charge is 2.19. The lowest BCUT2D eigenvalue weighted by atomic mass is 10.1. The van der Waals surface area contributed by atoms with Crippen LogP contribution in [0.5, 0.6) is 0 Å². The van der Waals surface area contributed by atoms with E-state index < -0.39 is 0 Å². The van der Waals surface area contributed by atoms with Gasteiger partial charge in [-0.25, -0.2) is 0 Å². The second-order valence-electron chi connectivity index (χ2n) is 6.25. The average Bonchev–Trinajstić information content (AvgIpc) is 3.23. The van der Waals surface area contributed by atoms with Crippen LogP contribution in [-0.4, -0.2) is 22.5 Å². The monoisotopic (exact) mass is 483 g/mol. The lowest BCUT2D eigenvalue weighted by molar-refractivity contribution is 0.100. The Morgan fingerprint density at radius 2 is 1.72 bits per heavy atom. The van der Waals surface area contributed by atoms with Gasteiger partial charge in [0.1, 0.15) is 5.01 Å². The fourth-order valence-corrected chi connectivity index (χ4v) is 4.20. The molecule has 1 aromatic heterocycles. The highest BCUT2D eigenvalue weighted by molar-refractivity contribution is 9.10. The number of ketones is 1. The number of halogens is 2. The number of anilines is 2. The van der Waals surface area contributed by atoms with E-state index in [2.05, 4.69) is 26.1 Å². The highest BCUT2D eigenvalue weighted by atomic mass is 79.9. The quantitative estimate of drug-likeness (QED) is 0.288. The molecule has 0 radical (unpaired) electrons. The van der Waals surface area contributed by atoms with Crippen LogP contribution in [0.4, 0.5) is 10.8 Å². The Morgan fingerprint density at radius 1 is 0.966 bits per heavy atom. The minimum absolute atomic E-state index is 0.0234. The predicted octanol–water partition coefficient (Wildman–Crippen LogP) is 6.64. The standard InChI is InChI=1S/C22H15BrClN3OS/c23-17-6-4-5-16(13-17)21-25-26-22(29-21)27(19-7-2-1-3-8-19)14-20(28)15-9-11-18(24)12-10-15/h1-13H,14H2. The van der Waals surface area contributed by atoms with Gasteiger partial charge in [-0.15, -0.1) is 10.2 Å². The van der Waals surface area contributed by atoms with Crippen molar-refractivity contribution in [2.75, 3.05) is 11.4 Å². The normalized spacial score (nSPS) is 10.7. The summed E-state index contributed by atoms with van der Waals surface area (Å²) in [6.07, 6.45) is 0. The summed E-state index contributed by atoms with van der Waals surface area (Å²) in [5.41, 5.74) is 2.46. The highest BCUT2D eigenvalue weighted by Crippen LogP contribution is 2.33. The van der Waals surface area contributed by atoms with Crippen LogP contribution in [0.15, 0.2) is 83.3 Å². The Balaban J connectivity index is 1.66. The molecule has 0 atom stereocenters. The van der Waals surface area contributed by atoms with Gasteiger partial charge in [0.2, 0.25) is 5.13 Å². The van der Waals surface area contributed by atoms with Crippen molar-refractivity contribution in [1.29, 1.82) is 0 Å². The van der Waals surface area contributed by atoms with Crippen molar-refractivity contribution in [1.82, 2.24) is 10.2 Å². The zero-order valence-electron chi connectivity index (χ0n) is 15.1. The van der Waals surface area contributed by atoms with Crippen molar-refractivity contribution >= 4 is 55.5 Å². The Hall–Kier alpha value is -2.54. The number of nitrogens with zero attached hydrogens (tertiary/aromatic N) is 3. The molecule has 0 aliphatic rings. The average molecular weight is 485 g/mol. The number of benzene rings is 3. The molecule has 0 N–H and O–H groups in total. The summed E-state index contributed by atoms with van der Waals surface area (Å²) >= 11 is 10.9. The molecule has 7 heteroatoms. The van der Waals surface area contributed by atoms with Crippen molar-refractivity contribution in [3.05, 3.63) is 93.9 Å². The number of carbonyl (C=O) groups excluding carboxylic acids is 1. The molecular formula is C22H15BrClN3OS. The van der Waals surface area contributed by atoms with Gasteiger partial charge in [-0.1, -0.05) is 69.2 Å². The minimum Gasteiger partial charge on any atom is -0.309 e. The van der Waals surface area contributed by atoms with Gasteiger partial charge in [-0.3, -0.25) is 4.79 Å². The molecule has 0 bridgehead atoms. The fraction of sp³-hybridized carbons (Fsp3) is 0.0455. The van der Waals surface area contributed by atoms with Crippen LogP contribution in [0.3, 0.4) is 0 Å². The van der Waals surface area contributed by atoms with Crippen molar-refractivity contribution in [2.45, 2.75) is 0 Å². The van der Waals surface area contributed by atoms with Crippen molar-refractivity contribution < 1.29 is 4.79 Å². The topological polar surface area (TPSA) is 46.1 Å². The van der Waals surface area contributed by atoms with Crippen LogP contribution in [0.1, 0.15) is 10.4 Å². The van der Waals surface area contributed by atoms with E-state index >= 15 is 0 Å². The van der Waals surface area contributed by atoms with Crippen molar-refractivity contribution in [3.8, 4) is 10.6 Å². The van der Waals surface area contributed by atoms with E-state index in [1.165, 1.54) is 11.3 Å². The van der Waals surface area contributed by atoms with Crippen LogP contribution in [0.2, 0.25) is 5.02 Å². The summed E-state index contributed by atoms with van der Waals surface area (Å²) in [5.74, 6) is -0.0234. The molecule has 0 aliphatic carbocycles. The number of Topliss-reactive ketones (excluding diaryl/α,β-unsaturated/α-hetero) is 1. The fourth-order valence-electron chi connectivity index (χ4n) is 2.81. The molecule has 0 fully saturated rings. The largest absolute Gasteiger partial charge is 0.309 e. The smallest absolute Gasteiger partial charge is 0.213 e. The molecule has 0 unspecified atom stereocenters. The van der Waals surface area contributed by atoms with Crippen LogP contribution < -0.4 is 4.90 Å². The molecule has 0 aliphatic heterocycles. The van der Waals surface area contributed by atoms with Gasteiger partial charge in [0.15, 0.2) is 5.78 Å². The Morgan fingerprint density at radius 3 is 2.45 bits per heavy atom. The predicted molar refractivity (Wildman–Crippen MR) is 122 cm³/mol. The third-order valence-electron chi connectivity index (χ3n) is 4.25. The molecule has 4 aromatic rings. The maximum Gasteiger partial charge on any atom is 0.213 e. The molecule has 4 rings (SSSR count). The third-order valence-corrected chi connectivity index (χ3v) is 5.99. The summed E-state index contributed by atoms with van der Waals surface area (Å²) in [5, 5.41) is 10.8. The number of carbonyl (C=O) groups is 1. The Bertz CT molecular complexity index is 1130. The van der Waals surface area contributed by atoms with Crippen molar-refractivity contribution in [2.24, 2.45) is 0 Å². The first-order chi connectivity index (χ1) is 14.1. The van der Waals surface area contributed by atoms with Gasteiger partial charge in [-0.05, 0) is 48.5 Å². The van der Waals surface area contributed by atoms with Crippen LogP contribution in [0.25, 0.3) is 10.6 Å². The van der Waals surface area contributed by atoms with E-state index in [-0.39, 0.29) is 12.3 Å². The zero-order valence-corrected chi connectivity index (χ0v) is 18.3.